The van der Waals surface area contributed by atoms with Crippen LogP contribution in [0.5, 0.6) is 0 Å². The highest BCUT2D eigenvalue weighted by atomic mass is 16.5. The van der Waals surface area contributed by atoms with Gasteiger partial charge in [-0.1, -0.05) is 12.1 Å². The maximum Gasteiger partial charge on any atom is 0.101 e. The zero-order valence-electron chi connectivity index (χ0n) is 9.98. The summed E-state index contributed by atoms with van der Waals surface area (Å²) in [6.45, 7) is 2.58. The molecule has 0 radical (unpaired) electrons. The molecule has 0 aliphatic heterocycles. The summed E-state index contributed by atoms with van der Waals surface area (Å²) in [4.78, 5) is 0. The van der Waals surface area contributed by atoms with Crippen molar-refractivity contribution in [3.8, 4) is 6.07 Å². The summed E-state index contributed by atoms with van der Waals surface area (Å²) in [5.41, 5.74) is 1.61. The number of para-hydroxylation sites is 1. The van der Waals surface area contributed by atoms with Gasteiger partial charge in [-0.2, -0.15) is 5.26 Å². The van der Waals surface area contributed by atoms with Gasteiger partial charge < -0.3 is 10.1 Å². The van der Waals surface area contributed by atoms with Crippen molar-refractivity contribution in [2.45, 2.75) is 19.3 Å². The Kier molecular flexibility index (Phi) is 4.40. The Morgan fingerprint density at radius 3 is 2.94 bits per heavy atom. The predicted molar refractivity (Wildman–Crippen MR) is 67.8 cm³/mol. The molecule has 2 rings (SSSR count). The van der Waals surface area contributed by atoms with Crippen LogP contribution in [0.25, 0.3) is 0 Å². The molecule has 0 amide bonds. The number of anilines is 1. The zero-order chi connectivity index (χ0) is 11.9. The van der Waals surface area contributed by atoms with E-state index in [0.717, 1.165) is 37.8 Å². The van der Waals surface area contributed by atoms with Gasteiger partial charge in [-0.05, 0) is 37.3 Å². The Balaban J connectivity index is 1.61. The van der Waals surface area contributed by atoms with Crippen LogP contribution in [0.3, 0.4) is 0 Å². The molecule has 1 aliphatic rings. The monoisotopic (exact) mass is 230 g/mol. The highest BCUT2D eigenvalue weighted by Crippen LogP contribution is 2.28. The molecule has 0 spiro atoms. The highest BCUT2D eigenvalue weighted by Gasteiger charge is 2.20. The molecular weight excluding hydrogens is 212 g/mol. The first-order valence-electron chi connectivity index (χ1n) is 6.21. The number of nitrogens with one attached hydrogen (secondary N) is 1. The molecule has 0 aromatic heterocycles. The molecule has 1 aromatic rings. The van der Waals surface area contributed by atoms with Crippen molar-refractivity contribution in [1.29, 1.82) is 5.26 Å². The minimum atomic E-state index is 0.700. The Morgan fingerprint density at radius 1 is 1.35 bits per heavy atom. The Morgan fingerprint density at radius 2 is 2.18 bits per heavy atom. The molecule has 3 heteroatoms. The van der Waals surface area contributed by atoms with E-state index < -0.39 is 0 Å². The molecule has 90 valence electrons. The van der Waals surface area contributed by atoms with Gasteiger partial charge in [0, 0.05) is 19.8 Å². The molecule has 0 unspecified atom stereocenters. The number of nitriles is 1. The predicted octanol–water partition coefficient (Wildman–Crippen LogP) is 2.79. The van der Waals surface area contributed by atoms with Gasteiger partial charge >= 0.3 is 0 Å². The second-order valence-corrected chi connectivity index (χ2v) is 4.46. The lowest BCUT2D eigenvalue weighted by molar-refractivity contribution is 0.124. The van der Waals surface area contributed by atoms with Gasteiger partial charge in [0.1, 0.15) is 6.07 Å². The topological polar surface area (TPSA) is 45.0 Å². The lowest BCUT2D eigenvalue weighted by Gasteiger charge is -2.08. The molecule has 0 bridgehead atoms. The Bertz CT molecular complexity index is 393. The van der Waals surface area contributed by atoms with Gasteiger partial charge in [-0.15, -0.1) is 0 Å². The van der Waals surface area contributed by atoms with Crippen LogP contribution in [0, 0.1) is 17.2 Å². The van der Waals surface area contributed by atoms with Crippen LogP contribution in [0.15, 0.2) is 24.3 Å². The third kappa shape index (κ3) is 4.08. The first kappa shape index (κ1) is 11.9. The van der Waals surface area contributed by atoms with E-state index >= 15 is 0 Å². The maximum atomic E-state index is 8.91. The van der Waals surface area contributed by atoms with Crippen molar-refractivity contribution in [1.82, 2.24) is 0 Å². The van der Waals surface area contributed by atoms with Crippen molar-refractivity contribution in [3.05, 3.63) is 29.8 Å². The van der Waals surface area contributed by atoms with Crippen LogP contribution in [-0.2, 0) is 4.74 Å². The number of hydrogen-bond acceptors (Lipinski definition) is 3. The minimum Gasteiger partial charge on any atom is -0.384 e. The fourth-order valence-corrected chi connectivity index (χ4v) is 1.67. The first-order chi connectivity index (χ1) is 8.40. The number of rotatable bonds is 7. The van der Waals surface area contributed by atoms with Gasteiger partial charge in [-0.3, -0.25) is 0 Å². The molecule has 1 N–H and O–H groups in total. The van der Waals surface area contributed by atoms with Crippen LogP contribution < -0.4 is 5.32 Å². The summed E-state index contributed by atoms with van der Waals surface area (Å²) in [5, 5.41) is 12.2. The summed E-state index contributed by atoms with van der Waals surface area (Å²) in [6, 6.07) is 9.75. The van der Waals surface area contributed by atoms with Gasteiger partial charge in [-0.25, -0.2) is 0 Å². The van der Waals surface area contributed by atoms with Crippen molar-refractivity contribution in [2.24, 2.45) is 5.92 Å². The standard InChI is InChI=1S/C14H18N2O/c15-10-13-4-1-2-5-14(13)16-8-3-9-17-11-12-6-7-12/h1-2,4-5,12,16H,3,6-9,11H2. The summed E-state index contributed by atoms with van der Waals surface area (Å²) < 4.78 is 5.55. The highest BCUT2D eigenvalue weighted by molar-refractivity contribution is 5.56. The molecule has 1 saturated carbocycles. The van der Waals surface area contributed by atoms with E-state index in [2.05, 4.69) is 11.4 Å². The second-order valence-electron chi connectivity index (χ2n) is 4.46. The molecular formula is C14H18N2O. The summed E-state index contributed by atoms with van der Waals surface area (Å²) in [6.07, 6.45) is 3.66. The van der Waals surface area contributed by atoms with Crippen molar-refractivity contribution >= 4 is 5.69 Å². The smallest absolute Gasteiger partial charge is 0.101 e. The summed E-state index contributed by atoms with van der Waals surface area (Å²) >= 11 is 0. The third-order valence-corrected chi connectivity index (χ3v) is 2.88. The van der Waals surface area contributed by atoms with E-state index in [9.17, 15) is 0 Å². The Hall–Kier alpha value is -1.53. The van der Waals surface area contributed by atoms with E-state index in [0.29, 0.717) is 5.56 Å². The zero-order valence-corrected chi connectivity index (χ0v) is 9.98. The molecule has 0 atom stereocenters. The largest absolute Gasteiger partial charge is 0.384 e. The average molecular weight is 230 g/mol. The van der Waals surface area contributed by atoms with E-state index in [1.54, 1.807) is 0 Å². The van der Waals surface area contributed by atoms with E-state index in [4.69, 9.17) is 10.00 Å². The normalized spacial score (nSPS) is 14.3. The second kappa shape index (κ2) is 6.27. The molecule has 1 aromatic carbocycles. The van der Waals surface area contributed by atoms with Crippen LogP contribution >= 0.6 is 0 Å². The molecule has 1 fully saturated rings. The van der Waals surface area contributed by atoms with Crippen molar-refractivity contribution in [2.75, 3.05) is 25.1 Å². The first-order valence-corrected chi connectivity index (χ1v) is 6.21. The minimum absolute atomic E-state index is 0.700. The van der Waals surface area contributed by atoms with Crippen LogP contribution in [0.2, 0.25) is 0 Å². The number of hydrogen-bond donors (Lipinski definition) is 1. The van der Waals surface area contributed by atoms with Gasteiger partial charge in [0.05, 0.1) is 11.3 Å². The van der Waals surface area contributed by atoms with E-state index in [1.165, 1.54) is 12.8 Å². The number of benzene rings is 1. The molecule has 0 saturated heterocycles. The van der Waals surface area contributed by atoms with Crippen molar-refractivity contribution in [3.63, 3.8) is 0 Å². The third-order valence-electron chi connectivity index (χ3n) is 2.88. The van der Waals surface area contributed by atoms with Crippen LogP contribution in [0.4, 0.5) is 5.69 Å². The summed E-state index contributed by atoms with van der Waals surface area (Å²) in [7, 11) is 0. The fraction of sp³-hybridized carbons (Fsp3) is 0.500. The van der Waals surface area contributed by atoms with Crippen LogP contribution in [-0.4, -0.2) is 19.8 Å². The Labute approximate surface area is 102 Å². The quantitative estimate of drug-likeness (QED) is 0.732. The van der Waals surface area contributed by atoms with E-state index in [-0.39, 0.29) is 0 Å². The molecule has 0 heterocycles. The maximum absolute atomic E-state index is 8.91. The average Bonchev–Trinajstić information content (AvgIpc) is 3.18. The number of ether oxygens (including phenoxy) is 1. The SMILES string of the molecule is N#Cc1ccccc1NCCCOCC1CC1. The van der Waals surface area contributed by atoms with Gasteiger partial charge in [0.15, 0.2) is 0 Å². The lowest BCUT2D eigenvalue weighted by atomic mass is 10.2. The fourth-order valence-electron chi connectivity index (χ4n) is 1.67. The van der Waals surface area contributed by atoms with Gasteiger partial charge in [0.25, 0.3) is 0 Å². The van der Waals surface area contributed by atoms with E-state index in [1.807, 2.05) is 24.3 Å². The number of nitrogens with zero attached hydrogens (tertiary/aromatic N) is 1. The molecule has 1 aliphatic carbocycles. The lowest BCUT2D eigenvalue weighted by Crippen LogP contribution is -2.07. The van der Waals surface area contributed by atoms with Gasteiger partial charge in [0.2, 0.25) is 0 Å². The molecule has 17 heavy (non-hydrogen) atoms. The van der Waals surface area contributed by atoms with Crippen molar-refractivity contribution < 1.29 is 4.74 Å². The molecule has 3 nitrogen and oxygen atoms in total. The summed E-state index contributed by atoms with van der Waals surface area (Å²) in [5.74, 6) is 0.835. The van der Waals surface area contributed by atoms with Crippen LogP contribution in [0.1, 0.15) is 24.8 Å².